The summed E-state index contributed by atoms with van der Waals surface area (Å²) in [5, 5.41) is 0. The molecule has 0 aliphatic carbocycles. The number of benzene rings is 1. The van der Waals surface area contributed by atoms with Gasteiger partial charge in [0, 0.05) is 0 Å². The highest BCUT2D eigenvalue weighted by molar-refractivity contribution is 5.80. The number of aldehydes is 1. The summed E-state index contributed by atoms with van der Waals surface area (Å²) in [5.41, 5.74) is 0.353. The van der Waals surface area contributed by atoms with Crippen molar-refractivity contribution in [2.75, 3.05) is 0 Å². The summed E-state index contributed by atoms with van der Waals surface area (Å²) in [6.07, 6.45) is -2.15. The zero-order valence-corrected chi connectivity index (χ0v) is 8.01. The Kier molecular flexibility index (Phi) is 3.29. The third-order valence-corrected chi connectivity index (χ3v) is 1.82. The van der Waals surface area contributed by atoms with Gasteiger partial charge in [-0.15, -0.1) is 0 Å². The van der Waals surface area contributed by atoms with Gasteiger partial charge in [0.2, 0.25) is 0 Å². The van der Waals surface area contributed by atoms with Gasteiger partial charge in [0.25, 0.3) is 0 Å². The minimum atomic E-state index is -4.32. The Morgan fingerprint density at radius 1 is 1.20 bits per heavy atom. The first-order valence-corrected chi connectivity index (χ1v) is 4.24. The number of hydrogen-bond donors (Lipinski definition) is 0. The van der Waals surface area contributed by atoms with Crippen LogP contribution < -0.4 is 0 Å². The van der Waals surface area contributed by atoms with Crippen LogP contribution in [-0.2, 0) is 11.0 Å². The van der Waals surface area contributed by atoms with Crippen LogP contribution in [0.1, 0.15) is 18.1 Å². The maximum absolute atomic E-state index is 12.2. The normalized spacial score (nSPS) is 12.7. The van der Waals surface area contributed by atoms with E-state index in [-0.39, 0.29) is 0 Å². The van der Waals surface area contributed by atoms with Crippen LogP contribution in [0.25, 0.3) is 6.08 Å². The molecule has 0 unspecified atom stereocenters. The summed E-state index contributed by atoms with van der Waals surface area (Å²) in [5.74, 6) is 0. The minimum absolute atomic E-state index is 0.467. The van der Waals surface area contributed by atoms with Gasteiger partial charge in [-0.25, -0.2) is 0 Å². The Balaban J connectivity index is 2.96. The number of carbonyl (C=O) groups is 1. The van der Waals surface area contributed by atoms with E-state index >= 15 is 0 Å². The molecule has 0 saturated carbocycles. The second-order valence-corrected chi connectivity index (χ2v) is 3.13. The van der Waals surface area contributed by atoms with Crippen molar-refractivity contribution in [3.05, 3.63) is 41.0 Å². The van der Waals surface area contributed by atoms with E-state index in [9.17, 15) is 18.0 Å². The van der Waals surface area contributed by atoms with Crippen molar-refractivity contribution in [3.8, 4) is 0 Å². The molecule has 0 amide bonds. The summed E-state index contributed by atoms with van der Waals surface area (Å²) in [7, 11) is 0. The van der Waals surface area contributed by atoms with Crippen molar-refractivity contribution in [3.63, 3.8) is 0 Å². The van der Waals surface area contributed by atoms with Gasteiger partial charge in [0.05, 0.1) is 5.56 Å². The average Bonchev–Trinajstić information content (AvgIpc) is 2.17. The van der Waals surface area contributed by atoms with Gasteiger partial charge in [0.15, 0.2) is 0 Å². The zero-order chi connectivity index (χ0) is 11.5. The van der Waals surface area contributed by atoms with E-state index < -0.39 is 11.7 Å². The van der Waals surface area contributed by atoms with Gasteiger partial charge in [-0.2, -0.15) is 13.2 Å². The molecule has 0 radical (unpaired) electrons. The lowest BCUT2D eigenvalue weighted by Crippen LogP contribution is -2.03. The molecule has 0 heterocycles. The summed E-state index contributed by atoms with van der Waals surface area (Å²) in [6.45, 7) is 1.59. The fourth-order valence-electron chi connectivity index (χ4n) is 1.07. The van der Waals surface area contributed by atoms with Gasteiger partial charge in [-0.3, -0.25) is 4.79 Å². The molecule has 0 bridgehead atoms. The lowest BCUT2D eigenvalue weighted by molar-refractivity contribution is -0.137. The van der Waals surface area contributed by atoms with Crippen LogP contribution in [0.2, 0.25) is 0 Å². The predicted molar refractivity (Wildman–Crippen MR) is 51.2 cm³/mol. The van der Waals surface area contributed by atoms with Crippen LogP contribution in [0.15, 0.2) is 29.8 Å². The smallest absolute Gasteiger partial charge is 0.298 e. The van der Waals surface area contributed by atoms with Crippen molar-refractivity contribution in [1.29, 1.82) is 0 Å². The average molecular weight is 214 g/mol. The number of allylic oxidation sites excluding steroid dienone is 1. The van der Waals surface area contributed by atoms with Crippen LogP contribution >= 0.6 is 0 Å². The molecule has 0 aromatic heterocycles. The molecular formula is C11H9F3O. The van der Waals surface area contributed by atoms with Gasteiger partial charge in [0.1, 0.15) is 6.29 Å². The second-order valence-electron chi connectivity index (χ2n) is 3.13. The molecule has 1 nitrogen and oxygen atoms in total. The van der Waals surface area contributed by atoms with Crippen LogP contribution in [0.3, 0.4) is 0 Å². The summed E-state index contributed by atoms with van der Waals surface area (Å²) < 4.78 is 36.5. The molecule has 0 N–H and O–H groups in total. The topological polar surface area (TPSA) is 17.1 Å². The molecule has 80 valence electrons. The van der Waals surface area contributed by atoms with Crippen LogP contribution in [0.4, 0.5) is 13.2 Å². The highest BCUT2D eigenvalue weighted by atomic mass is 19.4. The van der Waals surface area contributed by atoms with Crippen molar-refractivity contribution in [2.45, 2.75) is 13.1 Å². The first-order valence-electron chi connectivity index (χ1n) is 4.24. The van der Waals surface area contributed by atoms with Gasteiger partial charge in [-0.1, -0.05) is 12.1 Å². The Hall–Kier alpha value is -1.58. The highest BCUT2D eigenvalue weighted by Crippen LogP contribution is 2.29. The van der Waals surface area contributed by atoms with E-state index in [0.717, 1.165) is 12.1 Å². The molecule has 0 aliphatic heterocycles. The molecule has 0 saturated heterocycles. The molecule has 4 heteroatoms. The quantitative estimate of drug-likeness (QED) is 0.545. The van der Waals surface area contributed by atoms with Crippen molar-refractivity contribution < 1.29 is 18.0 Å². The fourth-order valence-corrected chi connectivity index (χ4v) is 1.07. The van der Waals surface area contributed by atoms with Crippen LogP contribution in [0, 0.1) is 0 Å². The van der Waals surface area contributed by atoms with Crippen molar-refractivity contribution in [1.82, 2.24) is 0 Å². The molecule has 15 heavy (non-hydrogen) atoms. The maximum Gasteiger partial charge on any atom is 0.416 e. The van der Waals surface area contributed by atoms with E-state index in [4.69, 9.17) is 0 Å². The first kappa shape index (κ1) is 11.5. The Labute approximate surface area is 85.2 Å². The van der Waals surface area contributed by atoms with Crippen molar-refractivity contribution >= 4 is 12.4 Å². The van der Waals surface area contributed by atoms with Crippen LogP contribution in [-0.4, -0.2) is 6.29 Å². The number of carbonyl (C=O) groups excluding carboxylic acids is 1. The van der Waals surface area contributed by atoms with E-state index in [1.807, 2.05) is 0 Å². The molecule has 1 rings (SSSR count). The van der Waals surface area contributed by atoms with Gasteiger partial charge in [-0.05, 0) is 36.3 Å². The monoisotopic (exact) mass is 214 g/mol. The highest BCUT2D eigenvalue weighted by Gasteiger charge is 2.29. The zero-order valence-electron chi connectivity index (χ0n) is 8.01. The lowest BCUT2D eigenvalue weighted by atomic mass is 10.1. The number of rotatable bonds is 2. The largest absolute Gasteiger partial charge is 0.416 e. The third-order valence-electron chi connectivity index (χ3n) is 1.82. The summed E-state index contributed by atoms with van der Waals surface area (Å²) >= 11 is 0. The maximum atomic E-state index is 12.2. The van der Waals surface area contributed by atoms with Gasteiger partial charge < -0.3 is 0 Å². The standard InChI is InChI=1S/C11H9F3O/c1-8(7-15)6-9-2-4-10(5-3-9)11(12,13)14/h2-7H,1H3. The SMILES string of the molecule is CC(C=O)=Cc1ccc(C(F)(F)F)cc1. The predicted octanol–water partition coefficient (Wildman–Crippen LogP) is 3.31. The van der Waals surface area contributed by atoms with Gasteiger partial charge >= 0.3 is 6.18 Å². The molecule has 0 fully saturated rings. The van der Waals surface area contributed by atoms with E-state index in [1.165, 1.54) is 18.2 Å². The fraction of sp³-hybridized carbons (Fsp3) is 0.182. The summed E-state index contributed by atoms with van der Waals surface area (Å²) in [6, 6.07) is 4.64. The minimum Gasteiger partial charge on any atom is -0.298 e. The number of hydrogen-bond acceptors (Lipinski definition) is 1. The molecule has 1 aromatic rings. The number of halogens is 3. The Bertz CT molecular complexity index is 374. The van der Waals surface area contributed by atoms with Crippen LogP contribution in [0.5, 0.6) is 0 Å². The molecule has 1 aromatic carbocycles. The van der Waals surface area contributed by atoms with E-state index in [2.05, 4.69) is 0 Å². The Morgan fingerprint density at radius 3 is 2.13 bits per heavy atom. The second kappa shape index (κ2) is 4.29. The van der Waals surface area contributed by atoms with Crippen molar-refractivity contribution in [2.24, 2.45) is 0 Å². The summed E-state index contributed by atoms with van der Waals surface area (Å²) in [4.78, 5) is 10.3. The molecule has 0 spiro atoms. The lowest BCUT2D eigenvalue weighted by Gasteiger charge is -2.05. The molecular weight excluding hydrogens is 205 g/mol. The number of alkyl halides is 3. The molecule has 0 atom stereocenters. The Morgan fingerprint density at radius 2 is 1.73 bits per heavy atom. The third kappa shape index (κ3) is 3.23. The van der Waals surface area contributed by atoms with E-state index in [1.54, 1.807) is 6.92 Å². The van der Waals surface area contributed by atoms with E-state index in [0.29, 0.717) is 17.4 Å². The first-order chi connectivity index (χ1) is 6.93. The molecule has 0 aliphatic rings.